The van der Waals surface area contributed by atoms with Gasteiger partial charge in [0.25, 0.3) is 0 Å². The second-order valence-corrected chi connectivity index (χ2v) is 5.12. The van der Waals surface area contributed by atoms with Gasteiger partial charge in [-0.3, -0.25) is 4.40 Å². The first-order valence-corrected chi connectivity index (χ1v) is 7.03. The van der Waals surface area contributed by atoms with Crippen LogP contribution in [0.25, 0.3) is 5.78 Å². The van der Waals surface area contributed by atoms with E-state index >= 15 is 0 Å². The molecule has 0 bridgehead atoms. The number of fused-ring (bicyclic) bond motifs is 1. The molecule has 100 valence electrons. The number of carbonyl (C=O) groups is 1. The maximum atomic E-state index is 12.2. The molecular weight excluding hydrogens is 369 g/mol. The SMILES string of the molecule is O=C(OCc1ccccc1)c1c(I)nc2ncccn12. The topological polar surface area (TPSA) is 56.5 Å². The molecule has 20 heavy (non-hydrogen) atoms. The molecule has 0 aliphatic heterocycles. The van der Waals surface area contributed by atoms with Gasteiger partial charge in [-0.05, 0) is 34.2 Å². The summed E-state index contributed by atoms with van der Waals surface area (Å²) in [7, 11) is 0. The maximum absolute atomic E-state index is 12.2. The van der Waals surface area contributed by atoms with E-state index in [2.05, 4.69) is 9.97 Å². The number of aromatic nitrogens is 3. The molecule has 0 aliphatic carbocycles. The molecule has 1 aromatic carbocycles. The van der Waals surface area contributed by atoms with Gasteiger partial charge in [0.05, 0.1) is 0 Å². The lowest BCUT2D eigenvalue weighted by Gasteiger charge is -2.05. The molecule has 0 N–H and O–H groups in total. The largest absolute Gasteiger partial charge is 0.456 e. The van der Waals surface area contributed by atoms with E-state index in [1.165, 1.54) is 0 Å². The number of ether oxygens (including phenoxy) is 1. The minimum atomic E-state index is -0.404. The standard InChI is InChI=1S/C14H10IN3O2/c15-12-11(18-8-4-7-16-14(18)17-12)13(19)20-9-10-5-2-1-3-6-10/h1-8H,9H2. The Hall–Kier alpha value is -1.96. The molecule has 0 spiro atoms. The number of rotatable bonds is 3. The maximum Gasteiger partial charge on any atom is 0.358 e. The average molecular weight is 379 g/mol. The van der Waals surface area contributed by atoms with Crippen molar-refractivity contribution in [2.24, 2.45) is 0 Å². The fourth-order valence-electron chi connectivity index (χ4n) is 1.83. The lowest BCUT2D eigenvalue weighted by Crippen LogP contribution is -2.10. The van der Waals surface area contributed by atoms with Crippen LogP contribution < -0.4 is 0 Å². The molecule has 3 rings (SSSR count). The Morgan fingerprint density at radius 2 is 2.05 bits per heavy atom. The number of carbonyl (C=O) groups excluding carboxylic acids is 1. The molecule has 5 nitrogen and oxygen atoms in total. The number of hydrogen-bond acceptors (Lipinski definition) is 4. The van der Waals surface area contributed by atoms with E-state index in [9.17, 15) is 4.79 Å². The molecule has 0 amide bonds. The summed E-state index contributed by atoms with van der Waals surface area (Å²) in [6.07, 6.45) is 3.38. The summed E-state index contributed by atoms with van der Waals surface area (Å²) >= 11 is 2.01. The summed E-state index contributed by atoms with van der Waals surface area (Å²) in [5.41, 5.74) is 1.35. The van der Waals surface area contributed by atoms with Gasteiger partial charge in [0.15, 0.2) is 5.69 Å². The van der Waals surface area contributed by atoms with Crippen molar-refractivity contribution in [1.82, 2.24) is 14.4 Å². The molecule has 0 aliphatic rings. The van der Waals surface area contributed by atoms with Crippen molar-refractivity contribution in [3.05, 3.63) is 63.7 Å². The van der Waals surface area contributed by atoms with Gasteiger partial charge in [0.1, 0.15) is 10.3 Å². The lowest BCUT2D eigenvalue weighted by atomic mass is 10.2. The van der Waals surface area contributed by atoms with Crippen LogP contribution in [0.2, 0.25) is 0 Å². The quantitative estimate of drug-likeness (QED) is 0.519. The van der Waals surface area contributed by atoms with Gasteiger partial charge >= 0.3 is 5.97 Å². The summed E-state index contributed by atoms with van der Waals surface area (Å²) in [5, 5.41) is 0. The third-order valence-corrected chi connectivity index (χ3v) is 3.52. The van der Waals surface area contributed by atoms with Crippen molar-refractivity contribution < 1.29 is 9.53 Å². The van der Waals surface area contributed by atoms with E-state index in [4.69, 9.17) is 4.74 Å². The van der Waals surface area contributed by atoms with E-state index in [1.807, 2.05) is 52.9 Å². The second kappa shape index (κ2) is 5.58. The van der Waals surface area contributed by atoms with E-state index in [0.29, 0.717) is 15.2 Å². The van der Waals surface area contributed by atoms with Crippen LogP contribution in [0.1, 0.15) is 16.1 Å². The Morgan fingerprint density at radius 1 is 1.25 bits per heavy atom. The van der Waals surface area contributed by atoms with E-state index in [-0.39, 0.29) is 6.61 Å². The molecule has 2 heterocycles. The number of halogens is 1. The van der Waals surface area contributed by atoms with Gasteiger partial charge in [-0.25, -0.2) is 14.8 Å². The Morgan fingerprint density at radius 3 is 2.85 bits per heavy atom. The number of hydrogen-bond donors (Lipinski definition) is 0. The van der Waals surface area contributed by atoms with Crippen LogP contribution in [0.3, 0.4) is 0 Å². The fraction of sp³-hybridized carbons (Fsp3) is 0.0714. The second-order valence-electron chi connectivity index (χ2n) is 4.10. The van der Waals surface area contributed by atoms with Gasteiger partial charge in [-0.1, -0.05) is 30.3 Å². The van der Waals surface area contributed by atoms with Crippen LogP contribution in [-0.4, -0.2) is 20.3 Å². The Bertz CT molecular complexity index is 755. The Kier molecular flexibility index (Phi) is 3.64. The molecular formula is C14H10IN3O2. The van der Waals surface area contributed by atoms with Gasteiger partial charge < -0.3 is 4.74 Å². The van der Waals surface area contributed by atoms with E-state index in [1.54, 1.807) is 22.9 Å². The highest BCUT2D eigenvalue weighted by atomic mass is 127. The summed E-state index contributed by atoms with van der Waals surface area (Å²) in [4.78, 5) is 20.5. The molecule has 0 fully saturated rings. The van der Waals surface area contributed by atoms with Crippen molar-refractivity contribution >= 4 is 34.3 Å². The molecule has 0 saturated heterocycles. The van der Waals surface area contributed by atoms with Crippen LogP contribution >= 0.6 is 22.6 Å². The van der Waals surface area contributed by atoms with Crippen LogP contribution in [0.15, 0.2) is 48.8 Å². The molecule has 0 atom stereocenters. The molecule has 6 heteroatoms. The lowest BCUT2D eigenvalue weighted by molar-refractivity contribution is 0.0463. The summed E-state index contributed by atoms with van der Waals surface area (Å²) in [6.45, 7) is 0.239. The molecule has 3 aromatic rings. The van der Waals surface area contributed by atoms with E-state index < -0.39 is 5.97 Å². The molecule has 2 aromatic heterocycles. The first-order chi connectivity index (χ1) is 9.75. The van der Waals surface area contributed by atoms with Crippen molar-refractivity contribution in [2.75, 3.05) is 0 Å². The minimum absolute atomic E-state index is 0.239. The number of benzene rings is 1. The normalized spacial score (nSPS) is 10.7. The van der Waals surface area contributed by atoms with Crippen molar-refractivity contribution in [3.8, 4) is 0 Å². The molecule has 0 unspecified atom stereocenters. The molecule has 0 saturated carbocycles. The predicted molar refractivity (Wildman–Crippen MR) is 81.3 cm³/mol. The zero-order chi connectivity index (χ0) is 13.9. The highest BCUT2D eigenvalue weighted by molar-refractivity contribution is 14.1. The van der Waals surface area contributed by atoms with Crippen molar-refractivity contribution in [2.45, 2.75) is 6.61 Å². The smallest absolute Gasteiger partial charge is 0.358 e. The van der Waals surface area contributed by atoms with Gasteiger partial charge in [0.2, 0.25) is 5.78 Å². The van der Waals surface area contributed by atoms with Crippen LogP contribution in [0.4, 0.5) is 0 Å². The van der Waals surface area contributed by atoms with Crippen molar-refractivity contribution in [3.63, 3.8) is 0 Å². The van der Waals surface area contributed by atoms with Crippen LogP contribution in [0, 0.1) is 3.70 Å². The molecule has 0 radical (unpaired) electrons. The summed E-state index contributed by atoms with van der Waals surface area (Å²) in [6, 6.07) is 11.3. The fourth-order valence-corrected chi connectivity index (χ4v) is 2.53. The van der Waals surface area contributed by atoms with Crippen LogP contribution in [-0.2, 0) is 11.3 Å². The third-order valence-electron chi connectivity index (χ3n) is 2.77. The number of nitrogens with zero attached hydrogens (tertiary/aromatic N) is 3. The number of imidazole rings is 1. The van der Waals surface area contributed by atoms with Crippen LogP contribution in [0.5, 0.6) is 0 Å². The summed E-state index contributed by atoms with van der Waals surface area (Å²) < 4.78 is 7.55. The first-order valence-electron chi connectivity index (χ1n) is 5.95. The first kappa shape index (κ1) is 13.0. The van der Waals surface area contributed by atoms with Gasteiger partial charge in [-0.2, -0.15) is 0 Å². The summed E-state index contributed by atoms with van der Waals surface area (Å²) in [5.74, 6) is 0.0855. The predicted octanol–water partition coefficient (Wildman–Crippen LogP) is 2.69. The Balaban J connectivity index is 1.84. The van der Waals surface area contributed by atoms with Gasteiger partial charge in [-0.15, -0.1) is 0 Å². The highest BCUT2D eigenvalue weighted by Gasteiger charge is 2.19. The van der Waals surface area contributed by atoms with Crippen molar-refractivity contribution in [1.29, 1.82) is 0 Å². The Labute approximate surface area is 128 Å². The minimum Gasteiger partial charge on any atom is -0.456 e. The number of esters is 1. The van der Waals surface area contributed by atoms with Gasteiger partial charge in [0, 0.05) is 12.4 Å². The average Bonchev–Trinajstić information content (AvgIpc) is 2.82. The van der Waals surface area contributed by atoms with E-state index in [0.717, 1.165) is 5.56 Å². The monoisotopic (exact) mass is 379 g/mol. The zero-order valence-electron chi connectivity index (χ0n) is 10.4. The zero-order valence-corrected chi connectivity index (χ0v) is 12.5. The third kappa shape index (κ3) is 2.51. The highest BCUT2D eigenvalue weighted by Crippen LogP contribution is 2.15.